The molecule has 0 bridgehead atoms. The molecule has 4 aliphatic rings. The van der Waals surface area contributed by atoms with E-state index in [1.807, 2.05) is 0 Å². The number of carbonyl (C=O) groups is 13. The molecule has 5 atom stereocenters. The number of aromatic nitrogens is 2. The van der Waals surface area contributed by atoms with Gasteiger partial charge in [0.2, 0.25) is 47.3 Å². The number of amides is 10. The van der Waals surface area contributed by atoms with Gasteiger partial charge in [-0.25, -0.2) is 14.2 Å². The van der Waals surface area contributed by atoms with Gasteiger partial charge in [-0.3, -0.25) is 67.2 Å². The molecule has 0 spiro atoms. The summed E-state index contributed by atoms with van der Waals surface area (Å²) in [6.07, 6.45) is 2.18. The van der Waals surface area contributed by atoms with Gasteiger partial charge in [-0.15, -0.1) is 0 Å². The van der Waals surface area contributed by atoms with Gasteiger partial charge in [0, 0.05) is 60.7 Å². The maximum atomic E-state index is 15.4. The first kappa shape index (κ1) is 67.7. The van der Waals surface area contributed by atoms with Crippen LogP contribution in [0.1, 0.15) is 123 Å². The molecule has 1 aliphatic carbocycles. The number of carboxylic acids is 2. The number of ether oxygens (including phenoxy) is 1. The van der Waals surface area contributed by atoms with Crippen LogP contribution >= 0.6 is 0 Å². The molecule has 5 heterocycles. The Morgan fingerprint density at radius 3 is 2.02 bits per heavy atom. The SMILES string of the molecule is CC[C@@]1(O)C(=O)OCc2c1cc1n(c2=O)Cc2c-1nc1cc(F)c(C)c3c1c2[C@@H](NC(=O)CCCNC(=O)CNC(=O)[C@H](CCc1ccccc1)NC(=O)CNC(=O)CNC(=O)[C@H](CC(=O)O)NC(=O)[C@H](CC(=O)O)NC(=O)CCCCCN1C(=O)C=CC1=O)CC3. The van der Waals surface area contributed by atoms with Gasteiger partial charge in [0.25, 0.3) is 17.4 Å². The fourth-order valence-electron chi connectivity index (χ4n) is 11.5. The van der Waals surface area contributed by atoms with E-state index in [2.05, 4.69) is 42.5 Å². The lowest BCUT2D eigenvalue weighted by Crippen LogP contribution is -2.55. The first-order valence-electron chi connectivity index (χ1n) is 30.0. The summed E-state index contributed by atoms with van der Waals surface area (Å²) in [6, 6.07) is 6.30. The average Bonchev–Trinajstić information content (AvgIpc) is 1.45. The number of imide groups is 1. The molecular weight excluding hydrogens is 1210 g/mol. The van der Waals surface area contributed by atoms with Crippen molar-refractivity contribution in [2.24, 2.45) is 0 Å². The van der Waals surface area contributed by atoms with Crippen LogP contribution in [-0.4, -0.2) is 158 Å². The van der Waals surface area contributed by atoms with E-state index in [1.54, 1.807) is 50.2 Å². The number of carboxylic acid groups (broad SMARTS) is 2. The number of rotatable bonds is 31. The number of hydrogen-bond acceptors (Lipinski definition) is 17. The van der Waals surface area contributed by atoms with Crippen LogP contribution in [0.5, 0.6) is 0 Å². The van der Waals surface area contributed by atoms with Crippen molar-refractivity contribution < 1.29 is 86.8 Å². The van der Waals surface area contributed by atoms with Crippen LogP contribution < -0.4 is 48.1 Å². The fraction of sp³-hybridized carbons (Fsp3) is 0.435. The normalized spacial score (nSPS) is 16.8. The molecule has 92 heavy (non-hydrogen) atoms. The second-order valence-corrected chi connectivity index (χ2v) is 22.6. The van der Waals surface area contributed by atoms with Gasteiger partial charge < -0.3 is 67.2 Å². The highest BCUT2D eigenvalue weighted by Gasteiger charge is 2.46. The Labute approximate surface area is 524 Å². The van der Waals surface area contributed by atoms with Crippen LogP contribution in [-0.2, 0) is 98.7 Å². The summed E-state index contributed by atoms with van der Waals surface area (Å²) in [4.78, 5) is 185. The molecule has 11 N–H and O–H groups in total. The van der Waals surface area contributed by atoms with Gasteiger partial charge in [-0.2, -0.15) is 0 Å². The van der Waals surface area contributed by atoms with Crippen LogP contribution in [0.3, 0.4) is 0 Å². The Bertz CT molecular complexity index is 3740. The maximum Gasteiger partial charge on any atom is 0.343 e. The van der Waals surface area contributed by atoms with E-state index in [0.29, 0.717) is 64.7 Å². The molecule has 488 valence electrons. The van der Waals surface area contributed by atoms with Gasteiger partial charge in [0.15, 0.2) is 5.60 Å². The van der Waals surface area contributed by atoms with Crippen molar-refractivity contribution in [3.05, 3.63) is 110 Å². The van der Waals surface area contributed by atoms with Crippen molar-refractivity contribution in [1.29, 1.82) is 0 Å². The third-order valence-corrected chi connectivity index (χ3v) is 16.4. The molecule has 3 aliphatic heterocycles. The molecule has 10 amide bonds. The molecule has 4 aromatic rings. The van der Waals surface area contributed by atoms with E-state index in [0.717, 1.165) is 28.2 Å². The number of cyclic esters (lactones) is 1. The number of carbonyl (C=O) groups excluding carboxylic acids is 11. The van der Waals surface area contributed by atoms with Crippen molar-refractivity contribution in [2.45, 2.75) is 140 Å². The second kappa shape index (κ2) is 30.0. The number of hydrogen-bond donors (Lipinski definition) is 11. The quantitative estimate of drug-likeness (QED) is 0.0150. The molecular formula is C62H70FN11O18. The largest absolute Gasteiger partial charge is 0.481 e. The number of aryl methyl sites for hydroxylation is 2. The molecule has 0 saturated heterocycles. The van der Waals surface area contributed by atoms with E-state index in [-0.39, 0.29) is 88.2 Å². The summed E-state index contributed by atoms with van der Waals surface area (Å²) in [7, 11) is 0. The molecule has 8 rings (SSSR count). The van der Waals surface area contributed by atoms with Gasteiger partial charge >= 0.3 is 17.9 Å². The Morgan fingerprint density at radius 1 is 0.717 bits per heavy atom. The van der Waals surface area contributed by atoms with E-state index < -0.39 is 145 Å². The minimum atomic E-state index is -2.07. The van der Waals surface area contributed by atoms with Gasteiger partial charge in [0.1, 0.15) is 30.5 Å². The number of fused-ring (bicyclic) bond motifs is 5. The number of nitrogens with zero attached hydrogens (tertiary/aromatic N) is 3. The molecule has 0 radical (unpaired) electrons. The first-order valence-corrected chi connectivity index (χ1v) is 30.0. The third-order valence-electron chi connectivity index (χ3n) is 16.4. The number of aliphatic carboxylic acids is 2. The van der Waals surface area contributed by atoms with Crippen molar-refractivity contribution in [3.8, 4) is 11.4 Å². The van der Waals surface area contributed by atoms with Crippen LogP contribution in [0.25, 0.3) is 22.3 Å². The Balaban J connectivity index is 0.796. The average molecular weight is 1280 g/mol. The second-order valence-electron chi connectivity index (χ2n) is 22.6. The number of pyridine rings is 2. The smallest absolute Gasteiger partial charge is 0.343 e. The predicted octanol–water partition coefficient (Wildman–Crippen LogP) is -0.602. The summed E-state index contributed by atoms with van der Waals surface area (Å²) in [6.45, 7) is 0.967. The zero-order chi connectivity index (χ0) is 66.6. The molecule has 29 nitrogen and oxygen atoms in total. The topological polar surface area (TPSA) is 426 Å². The third kappa shape index (κ3) is 16.2. The molecule has 2 aromatic heterocycles. The lowest BCUT2D eigenvalue weighted by atomic mass is 9.81. The highest BCUT2D eigenvalue weighted by molar-refractivity contribution is 6.13. The molecule has 0 fully saturated rings. The number of benzene rings is 2. The van der Waals surface area contributed by atoms with Gasteiger partial charge in [0.05, 0.1) is 67.5 Å². The molecule has 2 aromatic carbocycles. The lowest BCUT2D eigenvalue weighted by Gasteiger charge is -2.31. The first-order chi connectivity index (χ1) is 43.9. The number of aliphatic hydroxyl groups is 1. The highest BCUT2D eigenvalue weighted by atomic mass is 19.1. The molecule has 30 heteroatoms. The van der Waals surface area contributed by atoms with Crippen LogP contribution in [0, 0.1) is 12.7 Å². The van der Waals surface area contributed by atoms with E-state index in [1.165, 1.54) is 10.6 Å². The summed E-state index contributed by atoms with van der Waals surface area (Å²) in [5, 5.41) is 50.4. The van der Waals surface area contributed by atoms with Crippen molar-refractivity contribution in [2.75, 3.05) is 32.7 Å². The molecule has 0 saturated carbocycles. The number of halogens is 1. The number of nitrogens with one attached hydrogen (secondary N) is 8. The summed E-state index contributed by atoms with van der Waals surface area (Å²) in [5.74, 6) is -12.2. The minimum Gasteiger partial charge on any atom is -0.481 e. The standard InChI is InChI=1S/C62H70FN11O18/c1-3-62(91)37-23-44-56-35(30-74(44)60(89)36(37)31-92-61(62)90)55-39(18-16-34-32(2)38(63)24-41(71-56)54(34)55)68-46(76)14-10-21-64-47(77)27-66-57(86)40(17-15-33-11-6-4-7-12-33)69-49(79)29-65-48(78)28-67-58(87)42(25-52(82)83)72-59(88)43(26-53(84)85)70-45(75)13-8-5-9-22-73-50(80)19-20-51(73)81/h4,6-7,11-12,19-20,23-24,39-40,42-43,91H,3,5,8-10,13-18,21-22,25-31H2,1-2H3,(H,64,77)(H,65,78)(H,66,86)(H,67,87)(H,68,76)(H,69,79)(H,70,75)(H,72,88)(H,82,83)(H,84,85)/t39-,40-,42-,43-,62-/m0/s1. The fourth-order valence-corrected chi connectivity index (χ4v) is 11.5. The summed E-state index contributed by atoms with van der Waals surface area (Å²) >= 11 is 0. The van der Waals surface area contributed by atoms with Gasteiger partial charge in [-0.05, 0) is 86.6 Å². The van der Waals surface area contributed by atoms with Crippen LogP contribution in [0.2, 0.25) is 0 Å². The zero-order valence-electron chi connectivity index (χ0n) is 50.3. The maximum absolute atomic E-state index is 15.4. The Hall–Kier alpha value is -10.3. The minimum absolute atomic E-state index is 0.0107. The zero-order valence-corrected chi connectivity index (χ0v) is 50.3. The van der Waals surface area contributed by atoms with E-state index in [4.69, 9.17) is 9.72 Å². The lowest BCUT2D eigenvalue weighted by molar-refractivity contribution is -0.172. The summed E-state index contributed by atoms with van der Waals surface area (Å²) < 4.78 is 22.1. The summed E-state index contributed by atoms with van der Waals surface area (Å²) in [5.41, 5.74) is 1.90. The van der Waals surface area contributed by atoms with Crippen molar-refractivity contribution in [1.82, 2.24) is 57.0 Å². The van der Waals surface area contributed by atoms with E-state index >= 15 is 4.39 Å². The monoisotopic (exact) mass is 1280 g/mol. The van der Waals surface area contributed by atoms with E-state index in [9.17, 15) is 82.4 Å². The number of esters is 1. The predicted molar refractivity (Wildman–Crippen MR) is 319 cm³/mol. The highest BCUT2D eigenvalue weighted by Crippen LogP contribution is 2.46. The van der Waals surface area contributed by atoms with Gasteiger partial charge in [-0.1, -0.05) is 43.7 Å². The number of unbranched alkanes of at least 4 members (excludes halogenated alkanes) is 2. The Kier molecular flexibility index (Phi) is 22.1. The van der Waals surface area contributed by atoms with Crippen molar-refractivity contribution >= 4 is 87.9 Å². The van der Waals surface area contributed by atoms with Crippen LogP contribution in [0.15, 0.2) is 59.4 Å². The molecule has 0 unspecified atom stereocenters. The van der Waals surface area contributed by atoms with Crippen LogP contribution in [0.4, 0.5) is 4.39 Å². The Morgan fingerprint density at radius 2 is 1.35 bits per heavy atom. The van der Waals surface area contributed by atoms with Crippen molar-refractivity contribution in [3.63, 3.8) is 0 Å².